The molecule has 0 unspecified atom stereocenters. The lowest BCUT2D eigenvalue weighted by Gasteiger charge is -2.24. The highest BCUT2D eigenvalue weighted by molar-refractivity contribution is 8.00. The number of hydrogen-bond donors (Lipinski definition) is 1. The van der Waals surface area contributed by atoms with Crippen molar-refractivity contribution in [2.45, 2.75) is 30.3 Å². The fourth-order valence-corrected chi connectivity index (χ4v) is 5.12. The van der Waals surface area contributed by atoms with E-state index in [-0.39, 0.29) is 11.3 Å². The van der Waals surface area contributed by atoms with Crippen molar-refractivity contribution in [1.29, 1.82) is 0 Å². The van der Waals surface area contributed by atoms with Crippen LogP contribution in [0.5, 0.6) is 0 Å². The number of quaternary nitrogens is 1. The fourth-order valence-electron chi connectivity index (χ4n) is 3.92. The Bertz CT molecular complexity index is 1160. The average Bonchev–Trinajstić information content (AvgIpc) is 2.81. The number of ketones is 1. The number of benzene rings is 2. The average molecular weight is 473 g/mol. The van der Waals surface area contributed by atoms with Gasteiger partial charge < -0.3 is 9.64 Å². The molecule has 0 bridgehead atoms. The van der Waals surface area contributed by atoms with E-state index in [2.05, 4.69) is 0 Å². The van der Waals surface area contributed by atoms with Gasteiger partial charge in [-0.25, -0.2) is 4.98 Å². The van der Waals surface area contributed by atoms with E-state index in [0.29, 0.717) is 33.2 Å². The van der Waals surface area contributed by atoms with Crippen LogP contribution in [-0.4, -0.2) is 53.4 Å². The van der Waals surface area contributed by atoms with Crippen molar-refractivity contribution < 1.29 is 14.4 Å². The quantitative estimate of drug-likeness (QED) is 0.310. The third-order valence-electron chi connectivity index (χ3n) is 5.70. The van der Waals surface area contributed by atoms with Crippen LogP contribution in [0, 0.1) is 0 Å². The van der Waals surface area contributed by atoms with Gasteiger partial charge in [-0.05, 0) is 31.2 Å². The second-order valence-electron chi connectivity index (χ2n) is 7.97. The van der Waals surface area contributed by atoms with Crippen LogP contribution in [0.4, 0.5) is 0 Å². The van der Waals surface area contributed by atoms with Crippen molar-refractivity contribution in [2.24, 2.45) is 0 Å². The van der Waals surface area contributed by atoms with Crippen LogP contribution in [0.25, 0.3) is 10.9 Å². The third kappa shape index (κ3) is 5.41. The summed E-state index contributed by atoms with van der Waals surface area (Å²) in [5, 5.41) is 1.30. The van der Waals surface area contributed by atoms with E-state index in [0.717, 1.165) is 39.3 Å². The first-order valence-corrected chi connectivity index (χ1v) is 12.2. The molecule has 1 aliphatic rings. The number of thioether (sulfide) groups is 1. The summed E-state index contributed by atoms with van der Waals surface area (Å²) in [4.78, 5) is 32.5. The molecule has 1 aliphatic heterocycles. The zero-order valence-electron chi connectivity index (χ0n) is 18.1. The Kier molecular flexibility index (Phi) is 7.63. The summed E-state index contributed by atoms with van der Waals surface area (Å²) in [5.74, 6) is -0.0378. The number of carbonyl (C=O) groups excluding carboxylic acids is 1. The highest BCUT2D eigenvalue weighted by atomic mass is 35.5. The summed E-state index contributed by atoms with van der Waals surface area (Å²) in [6.07, 6.45) is 0.861. The number of para-hydroxylation sites is 1. The number of carbonyl (C=O) groups is 1. The monoisotopic (exact) mass is 472 g/mol. The van der Waals surface area contributed by atoms with Crippen LogP contribution in [0.3, 0.4) is 0 Å². The van der Waals surface area contributed by atoms with Crippen molar-refractivity contribution in [3.05, 3.63) is 69.5 Å². The van der Waals surface area contributed by atoms with E-state index in [1.165, 1.54) is 16.7 Å². The van der Waals surface area contributed by atoms with Crippen molar-refractivity contribution >= 4 is 40.0 Å². The lowest BCUT2D eigenvalue weighted by Crippen LogP contribution is -3.14. The number of Topliss-reactive ketones (excluding diaryl/α,β-unsaturated/α-hetero) is 1. The second-order valence-corrected chi connectivity index (χ2v) is 9.71. The Balaban J connectivity index is 1.57. The molecule has 3 aromatic rings. The molecule has 0 radical (unpaired) electrons. The highest BCUT2D eigenvalue weighted by Crippen LogP contribution is 2.26. The smallest absolute Gasteiger partial charge is 0.262 e. The molecule has 32 heavy (non-hydrogen) atoms. The van der Waals surface area contributed by atoms with Crippen molar-refractivity contribution in [2.75, 3.05) is 32.8 Å². The molecule has 2 heterocycles. The van der Waals surface area contributed by atoms with Gasteiger partial charge in [0.1, 0.15) is 13.1 Å². The van der Waals surface area contributed by atoms with Crippen LogP contribution in [0.15, 0.2) is 58.5 Å². The molecule has 1 atom stereocenters. The minimum Gasteiger partial charge on any atom is -0.370 e. The first-order chi connectivity index (χ1) is 15.5. The Morgan fingerprint density at radius 3 is 2.78 bits per heavy atom. The third-order valence-corrected chi connectivity index (χ3v) is 7.02. The molecule has 1 N–H and O–H groups in total. The summed E-state index contributed by atoms with van der Waals surface area (Å²) in [6, 6.07) is 14.3. The predicted octanol–water partition coefficient (Wildman–Crippen LogP) is 2.72. The number of ether oxygens (including phenoxy) is 1. The maximum Gasteiger partial charge on any atom is 0.262 e. The number of morpholine rings is 1. The number of halogens is 1. The van der Waals surface area contributed by atoms with Gasteiger partial charge in [-0.15, -0.1) is 0 Å². The molecule has 4 rings (SSSR count). The van der Waals surface area contributed by atoms with Gasteiger partial charge in [0.25, 0.3) is 5.56 Å². The van der Waals surface area contributed by atoms with E-state index in [4.69, 9.17) is 21.3 Å². The molecular formula is C24H27ClN3O3S+. The molecule has 168 valence electrons. The molecule has 2 aromatic carbocycles. The Morgan fingerprint density at radius 2 is 2.00 bits per heavy atom. The zero-order valence-corrected chi connectivity index (χ0v) is 19.6. The summed E-state index contributed by atoms with van der Waals surface area (Å²) >= 11 is 7.39. The molecule has 1 aromatic heterocycles. The minimum atomic E-state index is -0.405. The highest BCUT2D eigenvalue weighted by Gasteiger charge is 2.21. The topological polar surface area (TPSA) is 65.6 Å². The van der Waals surface area contributed by atoms with Crippen molar-refractivity contribution in [3.63, 3.8) is 0 Å². The van der Waals surface area contributed by atoms with Gasteiger partial charge in [0.05, 0.1) is 35.9 Å². The number of nitrogens with one attached hydrogen (secondary N) is 1. The molecule has 8 heteroatoms. The number of rotatable bonds is 8. The van der Waals surface area contributed by atoms with Gasteiger partial charge in [0, 0.05) is 23.6 Å². The van der Waals surface area contributed by atoms with E-state index >= 15 is 0 Å². The van der Waals surface area contributed by atoms with Crippen molar-refractivity contribution in [1.82, 2.24) is 9.55 Å². The number of fused-ring (bicyclic) bond motifs is 1. The standard InChI is InChI=1S/C24H26ClN3O3S/c1-17(22(29)18-6-4-7-19(25)16-18)32-24-26-21-9-3-2-8-20(21)23(30)28(24)11-5-10-27-12-14-31-15-13-27/h2-4,6-9,16-17H,5,10-15H2,1H3/p+1/t17-/m1/s1. The lowest BCUT2D eigenvalue weighted by molar-refractivity contribution is -0.908. The first kappa shape index (κ1) is 23.0. The Hall–Kier alpha value is -2.19. The minimum absolute atomic E-state index is 0.0378. The Labute approximate surface area is 196 Å². The maximum atomic E-state index is 13.3. The molecule has 1 fully saturated rings. The van der Waals surface area contributed by atoms with E-state index in [1.54, 1.807) is 28.8 Å². The van der Waals surface area contributed by atoms with Crippen LogP contribution >= 0.6 is 23.4 Å². The maximum absolute atomic E-state index is 13.3. The molecule has 0 saturated carbocycles. The largest absolute Gasteiger partial charge is 0.370 e. The van der Waals surface area contributed by atoms with E-state index in [9.17, 15) is 9.59 Å². The van der Waals surface area contributed by atoms with Gasteiger partial charge in [-0.1, -0.05) is 47.6 Å². The van der Waals surface area contributed by atoms with Gasteiger partial charge >= 0.3 is 0 Å². The van der Waals surface area contributed by atoms with Gasteiger partial charge in [0.2, 0.25) is 0 Å². The second kappa shape index (κ2) is 10.6. The summed E-state index contributed by atoms with van der Waals surface area (Å²) in [7, 11) is 0. The Morgan fingerprint density at radius 1 is 1.22 bits per heavy atom. The van der Waals surface area contributed by atoms with Gasteiger partial charge in [-0.3, -0.25) is 14.2 Å². The van der Waals surface area contributed by atoms with Crippen LogP contribution < -0.4 is 10.5 Å². The molecule has 0 spiro atoms. The summed E-state index contributed by atoms with van der Waals surface area (Å²) in [6.45, 7) is 6.96. The predicted molar refractivity (Wildman–Crippen MR) is 128 cm³/mol. The number of hydrogen-bond acceptors (Lipinski definition) is 5. The summed E-state index contributed by atoms with van der Waals surface area (Å²) < 4.78 is 7.16. The first-order valence-electron chi connectivity index (χ1n) is 10.9. The molecular weight excluding hydrogens is 446 g/mol. The molecule has 0 aliphatic carbocycles. The SMILES string of the molecule is C[C@@H](Sc1nc2ccccc2c(=O)n1CCC[NH+]1CCOCC1)C(=O)c1cccc(Cl)c1. The van der Waals surface area contributed by atoms with Crippen LogP contribution in [0.2, 0.25) is 5.02 Å². The van der Waals surface area contributed by atoms with Crippen LogP contribution in [0.1, 0.15) is 23.7 Å². The van der Waals surface area contributed by atoms with Gasteiger partial charge in [0.15, 0.2) is 10.9 Å². The van der Waals surface area contributed by atoms with E-state index in [1.807, 2.05) is 31.2 Å². The van der Waals surface area contributed by atoms with Gasteiger partial charge in [-0.2, -0.15) is 0 Å². The fraction of sp³-hybridized carbons (Fsp3) is 0.375. The lowest BCUT2D eigenvalue weighted by atomic mass is 10.1. The van der Waals surface area contributed by atoms with Crippen molar-refractivity contribution in [3.8, 4) is 0 Å². The zero-order chi connectivity index (χ0) is 22.5. The van der Waals surface area contributed by atoms with E-state index < -0.39 is 5.25 Å². The number of aromatic nitrogens is 2. The molecule has 1 saturated heterocycles. The van der Waals surface area contributed by atoms with Crippen LogP contribution in [-0.2, 0) is 11.3 Å². The molecule has 6 nitrogen and oxygen atoms in total. The summed E-state index contributed by atoms with van der Waals surface area (Å²) in [5.41, 5.74) is 1.15. The number of nitrogens with zero attached hydrogens (tertiary/aromatic N) is 2. The normalized spacial score (nSPS) is 15.7. The molecule has 0 amide bonds.